The molecule has 0 saturated carbocycles. The summed E-state index contributed by atoms with van der Waals surface area (Å²) in [6.07, 6.45) is 2.06. The number of rotatable bonds is 7. The quantitative estimate of drug-likeness (QED) is 0.559. The Bertz CT molecular complexity index is 188. The number of hydrogen-bond acceptors (Lipinski definition) is 5. The van der Waals surface area contributed by atoms with Crippen LogP contribution in [-0.4, -0.2) is 12.2 Å². The van der Waals surface area contributed by atoms with Gasteiger partial charge in [0.1, 0.15) is 0 Å². The van der Waals surface area contributed by atoms with Crippen molar-refractivity contribution in [3.8, 4) is 0 Å². The minimum Gasteiger partial charge on any atom is -0.318 e. The fourth-order valence-corrected chi connectivity index (χ4v) is 4.05. The second-order valence-electron chi connectivity index (χ2n) is 3.20. The largest absolute Gasteiger partial charge is 0.318 e. The van der Waals surface area contributed by atoms with E-state index < -0.39 is 5.69 Å². The zero-order valence-electron chi connectivity index (χ0n) is 9.23. The summed E-state index contributed by atoms with van der Waals surface area (Å²) in [6.45, 7) is 8.07. The monoisotopic (exact) mass is 257 g/mol. The molecule has 2 atom stereocenters. The Morgan fingerprint density at radius 3 is 1.79 bits per heavy atom. The van der Waals surface area contributed by atoms with E-state index in [0.717, 1.165) is 24.4 Å². The third-order valence-corrected chi connectivity index (χ3v) is 5.97. The van der Waals surface area contributed by atoms with E-state index in [0.29, 0.717) is 0 Å². The predicted molar refractivity (Wildman–Crippen MR) is 67.7 cm³/mol. The summed E-state index contributed by atoms with van der Waals surface area (Å²) < 4.78 is 11.3. The van der Waals surface area contributed by atoms with Crippen LogP contribution in [0.15, 0.2) is 0 Å². The Labute approximate surface area is 96.2 Å². The van der Waals surface area contributed by atoms with Crippen molar-refractivity contribution < 1.29 is 9.05 Å². The summed E-state index contributed by atoms with van der Waals surface area (Å²) in [7, 11) is 0. The van der Waals surface area contributed by atoms with Crippen molar-refractivity contribution in [2.75, 3.05) is 0 Å². The van der Waals surface area contributed by atoms with Gasteiger partial charge in [0.2, 0.25) is 0 Å². The fraction of sp³-hybridized carbons (Fsp3) is 1.00. The molecule has 0 amide bonds. The van der Waals surface area contributed by atoms with Gasteiger partial charge < -0.3 is 9.05 Å². The van der Waals surface area contributed by atoms with Crippen molar-refractivity contribution >= 4 is 29.1 Å². The highest BCUT2D eigenvalue weighted by Gasteiger charge is 2.23. The molecule has 0 spiro atoms. The highest BCUT2D eigenvalue weighted by molar-refractivity contribution is 8.67. The normalized spacial score (nSPS) is 20.1. The summed E-state index contributed by atoms with van der Waals surface area (Å²) in [6, 6.07) is 0. The van der Waals surface area contributed by atoms with Crippen molar-refractivity contribution in [1.82, 2.24) is 0 Å². The predicted octanol–water partition coefficient (Wildman–Crippen LogP) is 3.45. The first-order valence-electron chi connectivity index (χ1n) is 4.82. The van der Waals surface area contributed by atoms with Gasteiger partial charge in [0, 0.05) is 11.6 Å². The molecule has 86 valence electrons. The third kappa shape index (κ3) is 5.69. The van der Waals surface area contributed by atoms with Crippen LogP contribution in [0.4, 0.5) is 0 Å². The van der Waals surface area contributed by atoms with Crippen LogP contribution >= 0.6 is 17.3 Å². The summed E-state index contributed by atoms with van der Waals surface area (Å²) in [5, 5.41) is 5.52. The van der Waals surface area contributed by atoms with Crippen LogP contribution in [-0.2, 0) is 20.9 Å². The molecule has 0 aromatic rings. The van der Waals surface area contributed by atoms with Crippen LogP contribution in [0.5, 0.6) is 0 Å². The molecule has 0 rings (SSSR count). The molecule has 0 aromatic carbocycles. The lowest BCUT2D eigenvalue weighted by atomic mass is 10.3. The van der Waals surface area contributed by atoms with Crippen molar-refractivity contribution in [3.05, 3.63) is 0 Å². The van der Waals surface area contributed by atoms with Crippen molar-refractivity contribution in [1.29, 1.82) is 0 Å². The van der Waals surface area contributed by atoms with E-state index in [2.05, 4.69) is 13.8 Å². The number of nitrogens with two attached hydrogens (primary N) is 1. The van der Waals surface area contributed by atoms with Gasteiger partial charge in [-0.05, 0) is 38.5 Å². The fourth-order valence-electron chi connectivity index (χ4n) is 0.664. The molecule has 0 aliphatic heterocycles. The average molecular weight is 257 g/mol. The lowest BCUT2D eigenvalue weighted by molar-refractivity contribution is 0.163. The maximum atomic E-state index is 5.65. The lowest BCUT2D eigenvalue weighted by Crippen LogP contribution is -2.10. The zero-order valence-corrected chi connectivity index (χ0v) is 11.8. The summed E-state index contributed by atoms with van der Waals surface area (Å²) in [5.41, 5.74) is -2.32. The van der Waals surface area contributed by atoms with Crippen LogP contribution in [0.25, 0.3) is 0 Å². The topological polar surface area (TPSA) is 44.5 Å². The molecule has 0 radical (unpaired) electrons. The van der Waals surface area contributed by atoms with Gasteiger partial charge >= 0.3 is 0 Å². The Balaban J connectivity index is 4.25. The van der Waals surface area contributed by atoms with Crippen LogP contribution in [0.3, 0.4) is 0 Å². The highest BCUT2D eigenvalue weighted by atomic mass is 32.9. The first-order valence-corrected chi connectivity index (χ1v) is 8.95. The van der Waals surface area contributed by atoms with E-state index in [9.17, 15) is 0 Å². The molecule has 0 fully saturated rings. The van der Waals surface area contributed by atoms with Crippen LogP contribution in [0, 0.1) is 0 Å². The highest BCUT2D eigenvalue weighted by Crippen LogP contribution is 2.60. The number of hydrogen-bond donors (Lipinski definition) is 1. The molecule has 2 unspecified atom stereocenters. The summed E-state index contributed by atoms with van der Waals surface area (Å²) in [5.74, 6) is 0. The Morgan fingerprint density at radius 2 is 1.57 bits per heavy atom. The summed E-state index contributed by atoms with van der Waals surface area (Å²) in [4.78, 5) is 0. The van der Waals surface area contributed by atoms with Gasteiger partial charge in [-0.3, -0.25) is 5.14 Å². The molecule has 0 aliphatic rings. The average Bonchev–Trinajstić information content (AvgIpc) is 2.17. The minimum absolute atomic E-state index is 0.112. The second-order valence-corrected chi connectivity index (χ2v) is 8.94. The maximum Gasteiger partial charge on any atom is 0.262 e. The maximum absolute atomic E-state index is 5.65. The van der Waals surface area contributed by atoms with Gasteiger partial charge in [-0.2, -0.15) is 0 Å². The van der Waals surface area contributed by atoms with Gasteiger partial charge in [-0.1, -0.05) is 13.8 Å². The van der Waals surface area contributed by atoms with Crippen LogP contribution in [0.2, 0.25) is 0 Å². The van der Waals surface area contributed by atoms with E-state index in [4.69, 9.17) is 26.0 Å². The van der Waals surface area contributed by atoms with Gasteiger partial charge in [0.05, 0.1) is 12.2 Å². The molecule has 0 bridgehead atoms. The van der Waals surface area contributed by atoms with E-state index in [1.54, 1.807) is 0 Å². The van der Waals surface area contributed by atoms with Gasteiger partial charge in [0.25, 0.3) is 5.69 Å². The SMILES string of the molecule is CCC(C)OP(=S)(OC(C)CC)SN. The molecule has 6 heteroatoms. The Morgan fingerprint density at radius 1 is 1.21 bits per heavy atom. The smallest absolute Gasteiger partial charge is 0.262 e. The van der Waals surface area contributed by atoms with E-state index in [1.165, 1.54) is 0 Å². The molecular formula is C8H20NO2PS2. The molecule has 0 saturated heterocycles. The van der Waals surface area contributed by atoms with Crippen molar-refractivity contribution in [2.45, 2.75) is 52.7 Å². The van der Waals surface area contributed by atoms with Gasteiger partial charge in [-0.15, -0.1) is 0 Å². The minimum atomic E-state index is -2.32. The molecule has 0 heterocycles. The Kier molecular flexibility index (Phi) is 7.66. The van der Waals surface area contributed by atoms with Gasteiger partial charge in [-0.25, -0.2) is 0 Å². The molecule has 14 heavy (non-hydrogen) atoms. The van der Waals surface area contributed by atoms with Crippen LogP contribution < -0.4 is 5.14 Å². The van der Waals surface area contributed by atoms with Crippen LogP contribution in [0.1, 0.15) is 40.5 Å². The molecule has 3 nitrogen and oxygen atoms in total. The Hall–Kier alpha value is 0.880. The summed E-state index contributed by atoms with van der Waals surface area (Å²) >= 11 is 6.33. The second kappa shape index (κ2) is 7.20. The third-order valence-electron chi connectivity index (χ3n) is 1.90. The molecule has 2 N–H and O–H groups in total. The van der Waals surface area contributed by atoms with E-state index >= 15 is 0 Å². The zero-order chi connectivity index (χ0) is 11.2. The molecular weight excluding hydrogens is 237 g/mol. The van der Waals surface area contributed by atoms with E-state index in [-0.39, 0.29) is 12.2 Å². The van der Waals surface area contributed by atoms with Crippen molar-refractivity contribution in [3.63, 3.8) is 0 Å². The standard InChI is InChI=1S/C8H20NO2PS2/c1-5-7(3)10-12(13,14-9)11-8(4)6-2/h7-8H,5-6,9H2,1-4H3. The first kappa shape index (κ1) is 14.9. The van der Waals surface area contributed by atoms with E-state index in [1.807, 2.05) is 13.8 Å². The lowest BCUT2D eigenvalue weighted by Gasteiger charge is -2.25. The first-order chi connectivity index (χ1) is 6.47. The molecule has 0 aliphatic carbocycles. The van der Waals surface area contributed by atoms with Crippen molar-refractivity contribution in [2.24, 2.45) is 5.14 Å². The molecule has 0 aromatic heterocycles. The van der Waals surface area contributed by atoms with Gasteiger partial charge in [0.15, 0.2) is 0 Å².